The fourth-order valence-electron chi connectivity index (χ4n) is 2.77. The van der Waals surface area contributed by atoms with Crippen LogP contribution in [0.3, 0.4) is 0 Å². The molecule has 0 aliphatic carbocycles. The van der Waals surface area contributed by atoms with Crippen molar-refractivity contribution < 1.29 is 23.6 Å². The Morgan fingerprint density at radius 1 is 1.24 bits per heavy atom. The van der Waals surface area contributed by atoms with E-state index < -0.39 is 4.92 Å². The van der Waals surface area contributed by atoms with Crippen LogP contribution < -0.4 is 9.47 Å². The van der Waals surface area contributed by atoms with Crippen LogP contribution in [0.4, 0.5) is 5.69 Å². The fourth-order valence-corrected chi connectivity index (χ4v) is 3.51. The van der Waals surface area contributed by atoms with Gasteiger partial charge < -0.3 is 18.6 Å². The highest BCUT2D eigenvalue weighted by Gasteiger charge is 2.21. The highest BCUT2D eigenvalue weighted by atomic mass is 32.2. The van der Waals surface area contributed by atoms with Gasteiger partial charge in [-0.15, -0.1) is 10.2 Å². The van der Waals surface area contributed by atoms with E-state index in [1.165, 1.54) is 23.9 Å². The van der Waals surface area contributed by atoms with E-state index in [0.717, 1.165) is 5.56 Å². The molecule has 0 fully saturated rings. The van der Waals surface area contributed by atoms with Crippen molar-refractivity contribution in [2.45, 2.75) is 31.1 Å². The topological polar surface area (TPSA) is 110 Å². The number of aromatic nitrogens is 2. The molecule has 2 aromatic carbocycles. The van der Waals surface area contributed by atoms with Gasteiger partial charge in [-0.2, -0.15) is 0 Å². The van der Waals surface area contributed by atoms with Crippen LogP contribution in [0, 0.1) is 17.0 Å². The average Bonchev–Trinajstić information content (AvgIpc) is 3.19. The highest BCUT2D eigenvalue weighted by molar-refractivity contribution is 7.98. The van der Waals surface area contributed by atoms with Gasteiger partial charge in [0.1, 0.15) is 11.5 Å². The summed E-state index contributed by atoms with van der Waals surface area (Å²) in [7, 11) is 0. The maximum absolute atomic E-state index is 11.2. The first-order chi connectivity index (χ1) is 14.1. The number of hydrogen-bond donors (Lipinski definition) is 0. The number of nitro groups is 1. The Bertz CT molecular complexity index is 1020. The summed E-state index contributed by atoms with van der Waals surface area (Å²) < 4.78 is 22.0. The van der Waals surface area contributed by atoms with E-state index in [-0.39, 0.29) is 25.7 Å². The normalized spacial score (nSPS) is 12.9. The number of benzene rings is 2. The van der Waals surface area contributed by atoms with Gasteiger partial charge in [-0.3, -0.25) is 10.1 Å². The molecule has 4 rings (SSSR count). The van der Waals surface area contributed by atoms with Crippen LogP contribution in [-0.2, 0) is 23.7 Å². The zero-order valence-electron chi connectivity index (χ0n) is 15.5. The zero-order chi connectivity index (χ0) is 20.2. The Kier molecular flexibility index (Phi) is 5.63. The predicted octanol–water partition coefficient (Wildman–Crippen LogP) is 4.02. The van der Waals surface area contributed by atoms with Crippen LogP contribution in [0.5, 0.6) is 11.5 Å². The molecule has 0 atom stereocenters. The van der Waals surface area contributed by atoms with Gasteiger partial charge in [-0.1, -0.05) is 29.5 Å². The minimum atomic E-state index is -0.434. The molecular weight excluding hydrogens is 398 g/mol. The molecule has 150 valence electrons. The van der Waals surface area contributed by atoms with Gasteiger partial charge in [0.2, 0.25) is 0 Å². The van der Waals surface area contributed by atoms with Gasteiger partial charge in [-0.25, -0.2) is 0 Å². The molecule has 1 aliphatic rings. The number of ether oxygens (including phenoxy) is 3. The molecule has 0 N–H and O–H groups in total. The van der Waals surface area contributed by atoms with Crippen molar-refractivity contribution in [2.24, 2.45) is 0 Å². The second-order valence-corrected chi connectivity index (χ2v) is 7.24. The molecule has 0 radical (unpaired) electrons. The first-order valence-corrected chi connectivity index (χ1v) is 9.72. The smallest absolute Gasteiger partial charge is 0.277 e. The lowest BCUT2D eigenvalue weighted by molar-refractivity contribution is -0.385. The summed E-state index contributed by atoms with van der Waals surface area (Å²) in [6.07, 6.45) is 0. The van der Waals surface area contributed by atoms with Gasteiger partial charge in [-0.05, 0) is 19.1 Å². The fraction of sp³-hybridized carbons (Fsp3) is 0.263. The van der Waals surface area contributed by atoms with Crippen LogP contribution in [0.2, 0.25) is 0 Å². The summed E-state index contributed by atoms with van der Waals surface area (Å²) in [4.78, 5) is 10.8. The Labute approximate surface area is 170 Å². The Morgan fingerprint density at radius 3 is 2.86 bits per heavy atom. The quantitative estimate of drug-likeness (QED) is 0.321. The van der Waals surface area contributed by atoms with Crippen molar-refractivity contribution in [3.8, 4) is 11.5 Å². The molecule has 0 saturated heterocycles. The van der Waals surface area contributed by atoms with Gasteiger partial charge >= 0.3 is 0 Å². The minimum absolute atomic E-state index is 0.00818. The molecule has 3 aromatic rings. The Hall–Kier alpha value is -3.11. The number of rotatable bonds is 7. The van der Waals surface area contributed by atoms with E-state index in [0.29, 0.717) is 39.5 Å². The second kappa shape index (κ2) is 8.50. The first-order valence-electron chi connectivity index (χ1n) is 8.74. The van der Waals surface area contributed by atoms with E-state index in [1.807, 2.05) is 31.2 Å². The van der Waals surface area contributed by atoms with E-state index >= 15 is 0 Å². The molecule has 10 heteroatoms. The zero-order valence-corrected chi connectivity index (χ0v) is 16.3. The number of aryl methyl sites for hydroxylation is 1. The number of fused-ring (bicyclic) bond motifs is 1. The van der Waals surface area contributed by atoms with Crippen LogP contribution >= 0.6 is 11.8 Å². The summed E-state index contributed by atoms with van der Waals surface area (Å²) in [5.41, 5.74) is 2.47. The third-order valence-corrected chi connectivity index (χ3v) is 5.03. The summed E-state index contributed by atoms with van der Waals surface area (Å²) in [6, 6.07) is 10.6. The van der Waals surface area contributed by atoms with Crippen LogP contribution in [-0.4, -0.2) is 21.9 Å². The molecule has 0 amide bonds. The molecule has 0 unspecified atom stereocenters. The van der Waals surface area contributed by atoms with Crippen molar-refractivity contribution >= 4 is 17.4 Å². The summed E-state index contributed by atoms with van der Waals surface area (Å²) in [5, 5.41) is 19.5. The van der Waals surface area contributed by atoms with Crippen molar-refractivity contribution in [2.75, 3.05) is 6.79 Å². The molecule has 0 spiro atoms. The monoisotopic (exact) mass is 415 g/mol. The molecule has 29 heavy (non-hydrogen) atoms. The van der Waals surface area contributed by atoms with E-state index in [2.05, 4.69) is 10.2 Å². The Balaban J connectivity index is 1.41. The Morgan fingerprint density at radius 2 is 2.07 bits per heavy atom. The van der Waals surface area contributed by atoms with Crippen molar-refractivity contribution in [3.05, 3.63) is 69.1 Å². The lowest BCUT2D eigenvalue weighted by atomic mass is 10.1. The SMILES string of the molecule is Cc1ccc(OCc2nnc(SCc3cc([N+](=O)[O-])cc4c3OCOC4)o2)cc1. The summed E-state index contributed by atoms with van der Waals surface area (Å²) >= 11 is 1.27. The van der Waals surface area contributed by atoms with E-state index in [9.17, 15) is 10.1 Å². The van der Waals surface area contributed by atoms with E-state index in [4.69, 9.17) is 18.6 Å². The van der Waals surface area contributed by atoms with Crippen LogP contribution in [0.1, 0.15) is 22.6 Å². The molecular formula is C19H17N3O6S. The predicted molar refractivity (Wildman–Crippen MR) is 103 cm³/mol. The molecule has 9 nitrogen and oxygen atoms in total. The maximum Gasteiger partial charge on any atom is 0.277 e. The van der Waals surface area contributed by atoms with Crippen molar-refractivity contribution in [1.82, 2.24) is 10.2 Å². The van der Waals surface area contributed by atoms with Crippen molar-refractivity contribution in [3.63, 3.8) is 0 Å². The summed E-state index contributed by atoms with van der Waals surface area (Å²) in [5.74, 6) is 2.05. The number of nitro benzene ring substituents is 1. The third kappa shape index (κ3) is 4.66. The highest BCUT2D eigenvalue weighted by Crippen LogP contribution is 2.36. The first kappa shape index (κ1) is 19.2. The largest absolute Gasteiger partial charge is 0.484 e. The third-order valence-electron chi connectivity index (χ3n) is 4.17. The molecule has 1 aromatic heterocycles. The molecule has 2 heterocycles. The van der Waals surface area contributed by atoms with Crippen molar-refractivity contribution in [1.29, 1.82) is 0 Å². The second-order valence-electron chi connectivity index (χ2n) is 6.31. The number of hydrogen-bond acceptors (Lipinski definition) is 9. The van der Waals surface area contributed by atoms with Crippen LogP contribution in [0.15, 0.2) is 46.0 Å². The standard InChI is InChI=1S/C19H17N3O6S/c1-12-2-4-16(5-3-12)26-9-17-20-21-19(28-17)29-10-14-7-15(22(23)24)6-13-8-25-11-27-18(13)14/h2-7H,8-11H2,1H3. The minimum Gasteiger partial charge on any atom is -0.484 e. The van der Waals surface area contributed by atoms with Gasteiger partial charge in [0.05, 0.1) is 11.5 Å². The number of thioether (sulfide) groups is 1. The van der Waals surface area contributed by atoms with Gasteiger partial charge in [0.15, 0.2) is 13.4 Å². The van der Waals surface area contributed by atoms with Gasteiger partial charge in [0.25, 0.3) is 16.8 Å². The molecule has 0 saturated carbocycles. The summed E-state index contributed by atoms with van der Waals surface area (Å²) in [6.45, 7) is 2.55. The molecule has 1 aliphatic heterocycles. The van der Waals surface area contributed by atoms with E-state index in [1.54, 1.807) is 0 Å². The average molecular weight is 415 g/mol. The van der Waals surface area contributed by atoms with Crippen LogP contribution in [0.25, 0.3) is 0 Å². The maximum atomic E-state index is 11.2. The number of non-ortho nitro benzene ring substituents is 1. The molecule has 0 bridgehead atoms. The lowest BCUT2D eigenvalue weighted by Crippen LogP contribution is -2.13. The number of nitrogens with zero attached hydrogens (tertiary/aromatic N) is 3. The lowest BCUT2D eigenvalue weighted by Gasteiger charge is -2.20. The van der Waals surface area contributed by atoms with Gasteiger partial charge in [0, 0.05) is 29.0 Å².